The molecule has 0 unspecified atom stereocenters. The Bertz CT molecular complexity index is 163. The highest BCUT2D eigenvalue weighted by atomic mass is 28.4. The Morgan fingerprint density at radius 3 is 2.23 bits per heavy atom. The van der Waals surface area contributed by atoms with E-state index in [2.05, 4.69) is 39.0 Å². The van der Waals surface area contributed by atoms with Crippen molar-refractivity contribution in [2.45, 2.75) is 45.3 Å². The first-order valence-corrected chi connectivity index (χ1v) is 7.65. The van der Waals surface area contributed by atoms with Gasteiger partial charge in [-0.05, 0) is 24.6 Å². The molecule has 0 aliphatic heterocycles. The molecule has 0 aromatic rings. The van der Waals surface area contributed by atoms with Crippen LogP contribution in [0.5, 0.6) is 0 Å². The van der Waals surface area contributed by atoms with E-state index >= 15 is 0 Å². The molecule has 78 valence electrons. The van der Waals surface area contributed by atoms with E-state index in [0.29, 0.717) is 13.2 Å². The zero-order valence-corrected chi connectivity index (χ0v) is 10.4. The van der Waals surface area contributed by atoms with Gasteiger partial charge in [0.15, 0.2) is 8.32 Å². The molecular formula is C9H21NO2Si. The van der Waals surface area contributed by atoms with Gasteiger partial charge in [-0.15, -0.1) is 0 Å². The molecule has 4 heteroatoms. The molecule has 0 amide bonds. The van der Waals surface area contributed by atoms with Gasteiger partial charge in [0, 0.05) is 6.61 Å². The second-order valence-corrected chi connectivity index (χ2v) is 9.62. The van der Waals surface area contributed by atoms with Gasteiger partial charge in [0.05, 0.1) is 6.54 Å². The van der Waals surface area contributed by atoms with Gasteiger partial charge in [-0.1, -0.05) is 25.9 Å². The highest BCUT2D eigenvalue weighted by Gasteiger charge is 2.36. The summed E-state index contributed by atoms with van der Waals surface area (Å²) in [6.45, 7) is 12.1. The first-order chi connectivity index (χ1) is 5.81. The van der Waals surface area contributed by atoms with Crippen LogP contribution in [0, 0.1) is 4.91 Å². The van der Waals surface area contributed by atoms with Crippen LogP contribution in [-0.4, -0.2) is 21.5 Å². The lowest BCUT2D eigenvalue weighted by Crippen LogP contribution is -2.41. The quantitative estimate of drug-likeness (QED) is 0.391. The maximum atomic E-state index is 9.83. The Labute approximate surface area is 82.0 Å². The molecule has 0 radical (unpaired) electrons. The fraction of sp³-hybridized carbons (Fsp3) is 1.00. The number of nitroso groups, excluding NO2 is 1. The molecule has 3 nitrogen and oxygen atoms in total. The number of rotatable bonds is 5. The molecule has 0 spiro atoms. The second-order valence-electron chi connectivity index (χ2n) is 4.82. The van der Waals surface area contributed by atoms with Gasteiger partial charge < -0.3 is 4.43 Å². The highest BCUT2D eigenvalue weighted by Crippen LogP contribution is 2.36. The highest BCUT2D eigenvalue weighted by molar-refractivity contribution is 6.74. The van der Waals surface area contributed by atoms with E-state index < -0.39 is 8.32 Å². The molecule has 0 heterocycles. The van der Waals surface area contributed by atoms with Crippen molar-refractivity contribution >= 4 is 8.32 Å². The number of hydrogen-bond donors (Lipinski definition) is 0. The average Bonchev–Trinajstić information content (AvgIpc) is 1.96. The van der Waals surface area contributed by atoms with Crippen LogP contribution >= 0.6 is 0 Å². The molecule has 0 aromatic carbocycles. The average molecular weight is 203 g/mol. The van der Waals surface area contributed by atoms with E-state index in [9.17, 15) is 4.91 Å². The van der Waals surface area contributed by atoms with E-state index in [0.717, 1.165) is 6.42 Å². The molecule has 0 fully saturated rings. The summed E-state index contributed by atoms with van der Waals surface area (Å²) in [6.07, 6.45) is 0.746. The number of nitrogens with zero attached hydrogens (tertiary/aromatic N) is 1. The number of hydrogen-bond acceptors (Lipinski definition) is 3. The molecular weight excluding hydrogens is 182 g/mol. The van der Waals surface area contributed by atoms with Gasteiger partial charge >= 0.3 is 0 Å². The van der Waals surface area contributed by atoms with Gasteiger partial charge in [-0.2, -0.15) is 4.91 Å². The van der Waals surface area contributed by atoms with Crippen LogP contribution in [-0.2, 0) is 4.43 Å². The lowest BCUT2D eigenvalue weighted by atomic mass is 10.2. The summed E-state index contributed by atoms with van der Waals surface area (Å²) in [5.41, 5.74) is 0. The topological polar surface area (TPSA) is 38.7 Å². The van der Waals surface area contributed by atoms with E-state index in [4.69, 9.17) is 4.43 Å². The smallest absolute Gasteiger partial charge is 0.191 e. The summed E-state index contributed by atoms with van der Waals surface area (Å²) >= 11 is 0. The van der Waals surface area contributed by atoms with Gasteiger partial charge in [-0.3, -0.25) is 0 Å². The minimum absolute atomic E-state index is 0.252. The van der Waals surface area contributed by atoms with Crippen LogP contribution in [0.25, 0.3) is 0 Å². The first kappa shape index (κ1) is 12.8. The van der Waals surface area contributed by atoms with Gasteiger partial charge in [0.1, 0.15) is 0 Å². The van der Waals surface area contributed by atoms with Crippen molar-refractivity contribution in [2.75, 3.05) is 13.2 Å². The van der Waals surface area contributed by atoms with Crippen molar-refractivity contribution in [3.63, 3.8) is 0 Å². The third kappa shape index (κ3) is 4.52. The fourth-order valence-corrected chi connectivity index (χ4v) is 1.76. The van der Waals surface area contributed by atoms with Crippen molar-refractivity contribution in [1.82, 2.24) is 0 Å². The predicted molar refractivity (Wildman–Crippen MR) is 58.4 cm³/mol. The summed E-state index contributed by atoms with van der Waals surface area (Å²) < 4.78 is 5.84. The Kier molecular flexibility index (Phi) is 4.78. The Balaban J connectivity index is 3.83. The zero-order valence-electron chi connectivity index (χ0n) is 9.39. The Morgan fingerprint density at radius 2 is 1.85 bits per heavy atom. The van der Waals surface area contributed by atoms with E-state index in [1.165, 1.54) is 0 Å². The fourth-order valence-electron chi connectivity index (χ4n) is 0.673. The molecule has 0 bridgehead atoms. The van der Waals surface area contributed by atoms with Crippen LogP contribution in [0.1, 0.15) is 27.2 Å². The minimum atomic E-state index is -1.60. The summed E-state index contributed by atoms with van der Waals surface area (Å²) in [4.78, 5) is 9.83. The Hall–Kier alpha value is -0.223. The summed E-state index contributed by atoms with van der Waals surface area (Å²) in [5.74, 6) is 0. The zero-order chi connectivity index (χ0) is 10.5. The SMILES string of the molecule is CC(C)(C)[Si](C)(C)OCCCN=O. The monoisotopic (exact) mass is 203 g/mol. The van der Waals surface area contributed by atoms with Crippen LogP contribution in [0.3, 0.4) is 0 Å². The first-order valence-electron chi connectivity index (χ1n) is 4.74. The summed E-state index contributed by atoms with van der Waals surface area (Å²) in [5, 5.41) is 3.05. The molecule has 0 aliphatic rings. The standard InChI is InChI=1S/C9H21NO2Si/c1-9(2,3)13(4,5)12-8-6-7-10-11/h6-8H2,1-5H3. The molecule has 0 aromatic heterocycles. The normalized spacial score (nSPS) is 13.0. The summed E-state index contributed by atoms with van der Waals surface area (Å²) in [6, 6.07) is 0. The second kappa shape index (κ2) is 4.86. The predicted octanol–water partition coefficient (Wildman–Crippen LogP) is 3.16. The van der Waals surface area contributed by atoms with Crippen molar-refractivity contribution in [1.29, 1.82) is 0 Å². The van der Waals surface area contributed by atoms with Crippen molar-refractivity contribution in [3.05, 3.63) is 4.91 Å². The molecule has 13 heavy (non-hydrogen) atoms. The molecule has 0 aliphatic carbocycles. The third-order valence-corrected chi connectivity index (χ3v) is 7.20. The van der Waals surface area contributed by atoms with Gasteiger partial charge in [0.25, 0.3) is 0 Å². The van der Waals surface area contributed by atoms with Crippen LogP contribution in [0.15, 0.2) is 5.18 Å². The molecule has 0 saturated heterocycles. The van der Waals surface area contributed by atoms with Gasteiger partial charge in [0.2, 0.25) is 0 Å². The lowest BCUT2D eigenvalue weighted by molar-refractivity contribution is 0.284. The molecule has 0 atom stereocenters. The van der Waals surface area contributed by atoms with Crippen molar-refractivity contribution < 1.29 is 4.43 Å². The minimum Gasteiger partial charge on any atom is -0.417 e. The lowest BCUT2D eigenvalue weighted by Gasteiger charge is -2.36. The largest absolute Gasteiger partial charge is 0.417 e. The third-order valence-electron chi connectivity index (χ3n) is 2.66. The van der Waals surface area contributed by atoms with Crippen LogP contribution in [0.4, 0.5) is 0 Å². The molecule has 0 saturated carbocycles. The van der Waals surface area contributed by atoms with Crippen LogP contribution < -0.4 is 0 Å². The molecule has 0 rings (SSSR count). The molecule has 0 N–H and O–H groups in total. The van der Waals surface area contributed by atoms with E-state index in [1.807, 2.05) is 0 Å². The van der Waals surface area contributed by atoms with E-state index in [1.54, 1.807) is 0 Å². The van der Waals surface area contributed by atoms with Gasteiger partial charge in [-0.25, -0.2) is 0 Å². The maximum Gasteiger partial charge on any atom is 0.191 e. The summed E-state index contributed by atoms with van der Waals surface area (Å²) in [7, 11) is -1.60. The van der Waals surface area contributed by atoms with Crippen molar-refractivity contribution in [2.24, 2.45) is 5.18 Å². The van der Waals surface area contributed by atoms with Crippen LogP contribution in [0.2, 0.25) is 18.1 Å². The Morgan fingerprint density at radius 1 is 1.31 bits per heavy atom. The maximum absolute atomic E-state index is 9.83. The van der Waals surface area contributed by atoms with E-state index in [-0.39, 0.29) is 5.04 Å². The van der Waals surface area contributed by atoms with Crippen molar-refractivity contribution in [3.8, 4) is 0 Å².